The molecule has 68 valence electrons. The van der Waals surface area contributed by atoms with Crippen molar-refractivity contribution in [2.24, 2.45) is 5.41 Å². The van der Waals surface area contributed by atoms with E-state index in [1.807, 2.05) is 4.90 Å². The quantitative estimate of drug-likeness (QED) is 0.582. The van der Waals surface area contributed by atoms with Crippen molar-refractivity contribution in [1.82, 2.24) is 10.2 Å². The Hall–Kier alpha value is -0.610. The Bertz CT molecular complexity index is 193. The molecule has 0 aromatic rings. The third-order valence-corrected chi connectivity index (χ3v) is 2.67. The number of hydrogen-bond donors (Lipinski definition) is 1. The van der Waals surface area contributed by atoms with Crippen LogP contribution in [0.3, 0.4) is 0 Å². The lowest BCUT2D eigenvalue weighted by atomic mass is 9.74. The Morgan fingerprint density at radius 2 is 2.25 bits per heavy atom. The Morgan fingerprint density at radius 3 is 2.67 bits per heavy atom. The van der Waals surface area contributed by atoms with Crippen molar-refractivity contribution >= 4 is 5.91 Å². The summed E-state index contributed by atoms with van der Waals surface area (Å²) in [6.45, 7) is 4.21. The molecule has 2 aliphatic rings. The highest BCUT2D eigenvalue weighted by atomic mass is 16.5. The third-order valence-electron chi connectivity index (χ3n) is 2.67. The molecule has 4 heteroatoms. The van der Waals surface area contributed by atoms with Gasteiger partial charge in [-0.2, -0.15) is 0 Å². The minimum Gasteiger partial charge on any atom is -0.375 e. The predicted octanol–water partition coefficient (Wildman–Crippen LogP) is -0.935. The van der Waals surface area contributed by atoms with Gasteiger partial charge in [0.2, 0.25) is 5.91 Å². The summed E-state index contributed by atoms with van der Waals surface area (Å²) in [5.41, 5.74) is 0.434. The number of hydrogen-bond acceptors (Lipinski definition) is 3. The lowest BCUT2D eigenvalue weighted by Crippen LogP contribution is -2.72. The zero-order valence-corrected chi connectivity index (χ0v) is 7.30. The highest BCUT2D eigenvalue weighted by molar-refractivity contribution is 5.78. The minimum atomic E-state index is 0.120. The van der Waals surface area contributed by atoms with Gasteiger partial charge in [0.15, 0.2) is 0 Å². The molecule has 1 N–H and O–H groups in total. The fourth-order valence-electron chi connectivity index (χ4n) is 1.86. The predicted molar refractivity (Wildman–Crippen MR) is 43.8 cm³/mol. The summed E-state index contributed by atoms with van der Waals surface area (Å²) >= 11 is 0. The van der Waals surface area contributed by atoms with E-state index in [2.05, 4.69) is 5.32 Å². The summed E-state index contributed by atoms with van der Waals surface area (Å²) in [5, 5.41) is 3.23. The number of nitrogens with one attached hydrogen (secondary N) is 1. The van der Waals surface area contributed by atoms with Crippen LogP contribution in [0.15, 0.2) is 0 Å². The van der Waals surface area contributed by atoms with E-state index in [1.54, 1.807) is 7.11 Å². The maximum absolute atomic E-state index is 11.2. The number of nitrogens with zero attached hydrogens (tertiary/aromatic N) is 1. The van der Waals surface area contributed by atoms with E-state index in [-0.39, 0.29) is 12.5 Å². The maximum atomic E-state index is 11.2. The first-order valence-corrected chi connectivity index (χ1v) is 4.23. The monoisotopic (exact) mass is 170 g/mol. The number of carbonyl (C=O) groups excluding carboxylic acids is 1. The van der Waals surface area contributed by atoms with Gasteiger partial charge in [0, 0.05) is 38.7 Å². The third kappa shape index (κ3) is 1.11. The van der Waals surface area contributed by atoms with Gasteiger partial charge in [-0.05, 0) is 0 Å². The van der Waals surface area contributed by atoms with Crippen LogP contribution >= 0.6 is 0 Å². The molecule has 2 aliphatic heterocycles. The number of carbonyl (C=O) groups is 1. The van der Waals surface area contributed by atoms with E-state index in [4.69, 9.17) is 4.74 Å². The zero-order valence-electron chi connectivity index (χ0n) is 7.30. The zero-order chi connectivity index (χ0) is 8.60. The van der Waals surface area contributed by atoms with Crippen LogP contribution in [0.2, 0.25) is 0 Å². The smallest absolute Gasteiger partial charge is 0.248 e. The van der Waals surface area contributed by atoms with Crippen LogP contribution in [0, 0.1) is 5.41 Å². The van der Waals surface area contributed by atoms with Crippen LogP contribution in [0.4, 0.5) is 0 Å². The number of ether oxygens (including phenoxy) is 1. The largest absolute Gasteiger partial charge is 0.375 e. The topological polar surface area (TPSA) is 41.6 Å². The molecule has 4 nitrogen and oxygen atoms in total. The molecule has 0 bridgehead atoms. The molecule has 0 aromatic heterocycles. The highest BCUT2D eigenvalue weighted by Gasteiger charge is 2.48. The van der Waals surface area contributed by atoms with Crippen molar-refractivity contribution in [3.8, 4) is 0 Å². The summed E-state index contributed by atoms with van der Waals surface area (Å²) in [7, 11) is 1.55. The van der Waals surface area contributed by atoms with E-state index in [0.717, 1.165) is 26.2 Å². The van der Waals surface area contributed by atoms with E-state index < -0.39 is 0 Å². The van der Waals surface area contributed by atoms with Gasteiger partial charge in [-0.3, -0.25) is 4.79 Å². The van der Waals surface area contributed by atoms with Crippen molar-refractivity contribution in [1.29, 1.82) is 0 Å². The average molecular weight is 170 g/mol. The number of likely N-dealkylation sites (tertiary alicyclic amines) is 1. The van der Waals surface area contributed by atoms with E-state index in [9.17, 15) is 4.79 Å². The van der Waals surface area contributed by atoms with Gasteiger partial charge < -0.3 is 15.0 Å². The van der Waals surface area contributed by atoms with Crippen LogP contribution in [0.25, 0.3) is 0 Å². The molecule has 0 saturated carbocycles. The van der Waals surface area contributed by atoms with Crippen molar-refractivity contribution in [3.05, 3.63) is 0 Å². The highest BCUT2D eigenvalue weighted by Crippen LogP contribution is 2.33. The average Bonchev–Trinajstić information content (AvgIpc) is 1.81. The lowest BCUT2D eigenvalue weighted by Gasteiger charge is -2.55. The normalized spacial score (nSPS) is 24.9. The lowest BCUT2D eigenvalue weighted by molar-refractivity contribution is -0.150. The van der Waals surface area contributed by atoms with Crippen LogP contribution in [0.5, 0.6) is 0 Å². The van der Waals surface area contributed by atoms with Crippen LogP contribution in [-0.4, -0.2) is 50.7 Å². The van der Waals surface area contributed by atoms with Crippen molar-refractivity contribution in [2.75, 3.05) is 39.9 Å². The van der Waals surface area contributed by atoms with Gasteiger partial charge in [-0.1, -0.05) is 0 Å². The first-order chi connectivity index (χ1) is 5.76. The fraction of sp³-hybridized carbons (Fsp3) is 0.875. The summed E-state index contributed by atoms with van der Waals surface area (Å²) in [6, 6.07) is 0. The van der Waals surface area contributed by atoms with Crippen LogP contribution in [-0.2, 0) is 9.53 Å². The summed E-state index contributed by atoms with van der Waals surface area (Å²) in [5.74, 6) is 0.120. The molecule has 0 atom stereocenters. The maximum Gasteiger partial charge on any atom is 0.248 e. The molecule has 2 heterocycles. The Kier molecular flexibility index (Phi) is 1.81. The first-order valence-electron chi connectivity index (χ1n) is 4.23. The van der Waals surface area contributed by atoms with Gasteiger partial charge in [0.05, 0.1) is 0 Å². The van der Waals surface area contributed by atoms with Crippen LogP contribution in [0.1, 0.15) is 0 Å². The first kappa shape index (κ1) is 8.01. The Labute approximate surface area is 71.9 Å². The van der Waals surface area contributed by atoms with Gasteiger partial charge in [-0.15, -0.1) is 0 Å². The molecule has 0 radical (unpaired) electrons. The van der Waals surface area contributed by atoms with Crippen molar-refractivity contribution in [3.63, 3.8) is 0 Å². The molecule has 2 saturated heterocycles. The molecule has 0 aliphatic carbocycles. The van der Waals surface area contributed by atoms with Gasteiger partial charge in [-0.25, -0.2) is 0 Å². The van der Waals surface area contributed by atoms with Gasteiger partial charge in [0.25, 0.3) is 0 Å². The van der Waals surface area contributed by atoms with Gasteiger partial charge >= 0.3 is 0 Å². The molecule has 1 spiro atoms. The number of methoxy groups -OCH3 is 1. The standard InChI is InChI=1S/C8H14N2O2/c1-12-2-7(11)10-5-8(6-10)3-9-4-8/h9H,2-6H2,1H3. The number of amides is 1. The molecule has 12 heavy (non-hydrogen) atoms. The van der Waals surface area contributed by atoms with Gasteiger partial charge in [0.1, 0.15) is 6.61 Å². The molecule has 2 rings (SSSR count). The molecule has 0 unspecified atom stereocenters. The molecule has 0 aromatic carbocycles. The van der Waals surface area contributed by atoms with Crippen LogP contribution < -0.4 is 5.32 Å². The summed E-state index contributed by atoms with van der Waals surface area (Å²) < 4.78 is 4.77. The number of rotatable bonds is 2. The summed E-state index contributed by atoms with van der Waals surface area (Å²) in [6.07, 6.45) is 0. The molecular weight excluding hydrogens is 156 g/mol. The van der Waals surface area contributed by atoms with E-state index in [1.165, 1.54) is 0 Å². The van der Waals surface area contributed by atoms with Crippen molar-refractivity contribution in [2.45, 2.75) is 0 Å². The molecular formula is C8H14N2O2. The minimum absolute atomic E-state index is 0.120. The van der Waals surface area contributed by atoms with Crippen molar-refractivity contribution < 1.29 is 9.53 Å². The second-order valence-corrected chi connectivity index (χ2v) is 3.79. The van der Waals surface area contributed by atoms with E-state index in [0.29, 0.717) is 5.41 Å². The Balaban J connectivity index is 1.76. The molecule has 2 fully saturated rings. The summed E-state index contributed by atoms with van der Waals surface area (Å²) in [4.78, 5) is 13.1. The second kappa shape index (κ2) is 2.71. The molecule has 1 amide bonds. The SMILES string of the molecule is COCC(=O)N1CC2(CNC2)C1. The van der Waals surface area contributed by atoms with E-state index >= 15 is 0 Å². The second-order valence-electron chi connectivity index (χ2n) is 3.79. The Morgan fingerprint density at radius 1 is 1.58 bits per heavy atom. The fourth-order valence-corrected chi connectivity index (χ4v) is 1.86.